The van der Waals surface area contributed by atoms with E-state index in [4.69, 9.17) is 32.0 Å². The van der Waals surface area contributed by atoms with Gasteiger partial charge >= 0.3 is 17.9 Å². The van der Waals surface area contributed by atoms with Crippen LogP contribution in [0.1, 0.15) is 65.6 Å². The molecule has 0 saturated heterocycles. The topological polar surface area (TPSA) is 182 Å². The molecule has 2 aromatic rings. The molecule has 2 aliphatic rings. The Kier molecular flexibility index (Phi) is 11.6. The number of anilines is 1. The predicted molar refractivity (Wildman–Crippen MR) is 154 cm³/mol. The molecule has 0 aromatic heterocycles. The first-order valence-electron chi connectivity index (χ1n) is 13.7. The lowest BCUT2D eigenvalue weighted by Gasteiger charge is -2.25. The maximum atomic E-state index is 12.7. The average Bonchev–Trinajstić information content (AvgIpc) is 3.24. The van der Waals surface area contributed by atoms with Crippen LogP contribution in [0.2, 0.25) is 5.02 Å². The minimum atomic E-state index is -2.74. The quantitative estimate of drug-likeness (QED) is 0.159. The lowest BCUT2D eigenvalue weighted by atomic mass is 9.94. The molecule has 0 fully saturated rings. The Labute approximate surface area is 248 Å². The van der Waals surface area contributed by atoms with Crippen LogP contribution in [0.4, 0.5) is 5.69 Å². The lowest BCUT2D eigenvalue weighted by molar-refractivity contribution is -0.170. The molecule has 4 rings (SSSR count). The number of nitrogens with one attached hydrogen (secondary N) is 1. The summed E-state index contributed by atoms with van der Waals surface area (Å²) in [6, 6.07) is 11.9. The summed E-state index contributed by atoms with van der Waals surface area (Å²) in [6.07, 6.45) is 3.41. The van der Waals surface area contributed by atoms with E-state index in [1.165, 1.54) is 5.56 Å². The van der Waals surface area contributed by atoms with E-state index in [1.54, 1.807) is 0 Å². The van der Waals surface area contributed by atoms with E-state index in [0.717, 1.165) is 79.1 Å². The number of benzene rings is 2. The molecule has 5 N–H and O–H groups in total. The number of hydrogen-bond donors (Lipinski definition) is 5. The summed E-state index contributed by atoms with van der Waals surface area (Å²) >= 11 is 6.17. The number of carboxylic acid groups (broad SMARTS) is 3. The van der Waals surface area contributed by atoms with Crippen LogP contribution in [0.15, 0.2) is 36.4 Å². The Balaban J connectivity index is 0.000000316. The molecule has 1 amide bonds. The van der Waals surface area contributed by atoms with E-state index in [1.807, 2.05) is 35.2 Å². The van der Waals surface area contributed by atoms with Gasteiger partial charge in [-0.05, 0) is 80.1 Å². The summed E-state index contributed by atoms with van der Waals surface area (Å²) < 4.78 is 0. The number of aliphatic hydroxyl groups is 1. The van der Waals surface area contributed by atoms with Crippen LogP contribution in [-0.4, -0.2) is 75.3 Å². The van der Waals surface area contributed by atoms with Gasteiger partial charge in [0.2, 0.25) is 5.91 Å². The highest BCUT2D eigenvalue weighted by molar-refractivity contribution is 6.31. The fourth-order valence-electron chi connectivity index (χ4n) is 5.08. The molecule has 0 atom stereocenters. The molecule has 12 heteroatoms. The minimum Gasteiger partial charge on any atom is -0.481 e. The van der Waals surface area contributed by atoms with Gasteiger partial charge < -0.3 is 30.6 Å². The number of nitrogens with zero attached hydrogens (tertiary/aromatic N) is 1. The monoisotopic (exact) mass is 602 g/mol. The Morgan fingerprint density at radius 1 is 0.952 bits per heavy atom. The number of aryl methyl sites for hydroxylation is 1. The Morgan fingerprint density at radius 2 is 1.62 bits per heavy atom. The third-order valence-electron chi connectivity index (χ3n) is 7.15. The van der Waals surface area contributed by atoms with E-state index in [-0.39, 0.29) is 11.7 Å². The second kappa shape index (κ2) is 14.9. The highest BCUT2D eigenvalue weighted by Gasteiger charge is 2.40. The van der Waals surface area contributed by atoms with Crippen molar-refractivity contribution < 1.29 is 44.4 Å². The Hall–Kier alpha value is -3.80. The fraction of sp³-hybridized carbons (Fsp3) is 0.433. The van der Waals surface area contributed by atoms with Crippen LogP contribution >= 0.6 is 11.6 Å². The van der Waals surface area contributed by atoms with Crippen molar-refractivity contribution in [3.05, 3.63) is 63.7 Å². The van der Waals surface area contributed by atoms with Crippen LogP contribution in [0.25, 0.3) is 0 Å². The van der Waals surface area contributed by atoms with Crippen LogP contribution in [0.3, 0.4) is 0 Å². The van der Waals surface area contributed by atoms with Crippen molar-refractivity contribution in [3.8, 4) is 0 Å². The number of rotatable bonds is 14. The number of ketones is 1. The van der Waals surface area contributed by atoms with Gasteiger partial charge in [-0.2, -0.15) is 0 Å². The van der Waals surface area contributed by atoms with E-state index in [9.17, 15) is 24.0 Å². The van der Waals surface area contributed by atoms with Gasteiger partial charge in [-0.15, -0.1) is 0 Å². The van der Waals surface area contributed by atoms with Gasteiger partial charge in [0.1, 0.15) is 0 Å². The Morgan fingerprint density at radius 3 is 2.26 bits per heavy atom. The highest BCUT2D eigenvalue weighted by Crippen LogP contribution is 2.37. The molecule has 42 heavy (non-hydrogen) atoms. The maximum Gasteiger partial charge on any atom is 0.336 e. The molecule has 0 saturated carbocycles. The molecule has 0 aliphatic carbocycles. The summed E-state index contributed by atoms with van der Waals surface area (Å²) in [5.41, 5.74) is 2.50. The number of carbonyl (C=O) groups excluding carboxylic acids is 2. The van der Waals surface area contributed by atoms with Gasteiger partial charge in [0.05, 0.1) is 24.9 Å². The molecule has 2 heterocycles. The highest BCUT2D eigenvalue weighted by atomic mass is 35.5. The SMILES string of the molecule is O=C(CCCCNCCc1ccccc1Cl)c1cc2c3c(c1)CC(=O)N3CCC2.O=C(O)CC(O)(CC(=O)O)C(=O)O. The van der Waals surface area contributed by atoms with Crippen molar-refractivity contribution in [3.63, 3.8) is 0 Å². The fourth-order valence-corrected chi connectivity index (χ4v) is 5.31. The summed E-state index contributed by atoms with van der Waals surface area (Å²) in [7, 11) is 0. The van der Waals surface area contributed by atoms with Crippen molar-refractivity contribution in [2.45, 2.75) is 63.4 Å². The van der Waals surface area contributed by atoms with Crippen LogP contribution in [0, 0.1) is 0 Å². The number of carboxylic acids is 3. The van der Waals surface area contributed by atoms with Gasteiger partial charge in [-0.1, -0.05) is 29.8 Å². The average molecular weight is 603 g/mol. The third-order valence-corrected chi connectivity index (χ3v) is 7.52. The summed E-state index contributed by atoms with van der Waals surface area (Å²) in [4.78, 5) is 57.2. The van der Waals surface area contributed by atoms with E-state index < -0.39 is 36.4 Å². The molecule has 0 spiro atoms. The molecule has 2 aromatic carbocycles. The first-order valence-corrected chi connectivity index (χ1v) is 14.1. The number of halogens is 1. The van der Waals surface area contributed by atoms with E-state index in [2.05, 4.69) is 11.4 Å². The number of carbonyl (C=O) groups is 5. The molecule has 0 unspecified atom stereocenters. The molecule has 0 bridgehead atoms. The maximum absolute atomic E-state index is 12.7. The number of aliphatic carboxylic acids is 3. The van der Waals surface area contributed by atoms with Crippen LogP contribution < -0.4 is 10.2 Å². The second-order valence-corrected chi connectivity index (χ2v) is 10.8. The number of hydrogen-bond acceptors (Lipinski definition) is 7. The molecular weight excluding hydrogens is 568 g/mol. The van der Waals surface area contributed by atoms with Gasteiger partial charge in [0.15, 0.2) is 11.4 Å². The van der Waals surface area contributed by atoms with E-state index >= 15 is 0 Å². The summed E-state index contributed by atoms with van der Waals surface area (Å²) in [5, 5.41) is 38.1. The van der Waals surface area contributed by atoms with Gasteiger partial charge in [-0.3, -0.25) is 19.2 Å². The van der Waals surface area contributed by atoms with Crippen LogP contribution in [-0.2, 0) is 38.4 Å². The predicted octanol–water partition coefficient (Wildman–Crippen LogP) is 3.11. The molecule has 2 aliphatic heterocycles. The normalized spacial score (nSPS) is 13.7. The molecule has 11 nitrogen and oxygen atoms in total. The smallest absolute Gasteiger partial charge is 0.336 e. The first-order chi connectivity index (χ1) is 19.9. The van der Waals surface area contributed by atoms with Crippen molar-refractivity contribution in [2.24, 2.45) is 0 Å². The summed E-state index contributed by atoms with van der Waals surface area (Å²) in [5.74, 6) is -4.65. The Bertz CT molecular complexity index is 1330. The molecule has 226 valence electrons. The number of amides is 1. The van der Waals surface area contributed by atoms with Gasteiger partial charge in [0, 0.05) is 23.6 Å². The molecule has 0 radical (unpaired) electrons. The van der Waals surface area contributed by atoms with Crippen LogP contribution in [0.5, 0.6) is 0 Å². The lowest BCUT2D eigenvalue weighted by Crippen LogP contribution is -2.42. The van der Waals surface area contributed by atoms with Crippen molar-refractivity contribution in [1.82, 2.24) is 5.32 Å². The molecular formula is C30H35ClN2O9. The minimum absolute atomic E-state index is 0.174. The van der Waals surface area contributed by atoms with Crippen molar-refractivity contribution in [1.29, 1.82) is 0 Å². The zero-order chi connectivity index (χ0) is 30.9. The largest absolute Gasteiger partial charge is 0.481 e. The zero-order valence-corrected chi connectivity index (χ0v) is 23.9. The number of Topliss-reactive ketones (excluding diaryl/α,β-unsaturated/α-hetero) is 1. The first kappa shape index (κ1) is 32.7. The van der Waals surface area contributed by atoms with Crippen molar-refractivity contribution in [2.75, 3.05) is 24.5 Å². The standard InChI is InChI=1S/C24H27ClN2O2.C6H8O7/c25-21-8-2-1-6-17(21)10-12-26-11-4-3-9-22(28)19-14-18-7-5-13-27-23(29)16-20(15-19)24(18)27;7-3(8)1-6(13,5(11)12)2-4(9)10/h1-2,6,8,14-15,26H,3-5,7,9-13,16H2;13H,1-2H2,(H,7,8)(H,9,10)(H,11,12). The second-order valence-electron chi connectivity index (χ2n) is 10.4. The van der Waals surface area contributed by atoms with Gasteiger partial charge in [-0.25, -0.2) is 4.79 Å². The van der Waals surface area contributed by atoms with Crippen molar-refractivity contribution >= 4 is 46.9 Å². The number of unbranched alkanes of at least 4 members (excludes halogenated alkanes) is 1. The zero-order valence-electron chi connectivity index (χ0n) is 23.1. The summed E-state index contributed by atoms with van der Waals surface area (Å²) in [6.45, 7) is 2.60. The van der Waals surface area contributed by atoms with Gasteiger partial charge in [0.25, 0.3) is 0 Å². The van der Waals surface area contributed by atoms with E-state index in [0.29, 0.717) is 12.8 Å². The third kappa shape index (κ3) is 8.85.